The minimum atomic E-state index is -4.91. The molecule has 0 aliphatic heterocycles. The summed E-state index contributed by atoms with van der Waals surface area (Å²) in [5, 5.41) is 2.66. The number of para-hydroxylation sites is 1. The van der Waals surface area contributed by atoms with E-state index in [1.807, 2.05) is 0 Å². The summed E-state index contributed by atoms with van der Waals surface area (Å²) in [6, 6.07) is 15.6. The predicted molar refractivity (Wildman–Crippen MR) is 137 cm³/mol. The fourth-order valence-electron chi connectivity index (χ4n) is 4.26. The van der Waals surface area contributed by atoms with Crippen molar-refractivity contribution in [2.75, 3.05) is 11.9 Å². The first kappa shape index (κ1) is 27.6. The van der Waals surface area contributed by atoms with E-state index in [4.69, 9.17) is 9.15 Å². The minimum Gasteiger partial charge on any atom is -0.466 e. The van der Waals surface area contributed by atoms with E-state index in [2.05, 4.69) is 5.32 Å². The molecular weight excluding hydrogens is 518 g/mol. The van der Waals surface area contributed by atoms with Gasteiger partial charge in [-0.3, -0.25) is 9.59 Å². The number of alkyl halides is 3. The van der Waals surface area contributed by atoms with Gasteiger partial charge in [0.25, 0.3) is 0 Å². The third-order valence-electron chi connectivity index (χ3n) is 5.94. The summed E-state index contributed by atoms with van der Waals surface area (Å²) in [7, 11) is 0. The number of rotatable bonds is 8. The van der Waals surface area contributed by atoms with Gasteiger partial charge in [0.1, 0.15) is 11.4 Å². The van der Waals surface area contributed by atoms with Crippen molar-refractivity contribution in [1.82, 2.24) is 0 Å². The second-order valence-corrected chi connectivity index (χ2v) is 8.66. The second kappa shape index (κ2) is 11.5. The maximum Gasteiger partial charge on any atom is 0.418 e. The monoisotopic (exact) mass is 541 g/mol. The first-order chi connectivity index (χ1) is 18.6. The van der Waals surface area contributed by atoms with Crippen LogP contribution in [-0.4, -0.2) is 18.5 Å². The summed E-state index contributed by atoms with van der Waals surface area (Å²) < 4.78 is 64.1. The normalized spacial score (nSPS) is 11.4. The van der Waals surface area contributed by atoms with E-state index in [9.17, 15) is 31.9 Å². The molecule has 0 unspecified atom stereocenters. The fourth-order valence-corrected chi connectivity index (χ4v) is 4.26. The number of amides is 1. The molecule has 1 heterocycles. The molecule has 1 aromatic heterocycles. The van der Waals surface area contributed by atoms with E-state index < -0.39 is 41.2 Å². The highest BCUT2D eigenvalue weighted by molar-refractivity contribution is 5.99. The van der Waals surface area contributed by atoms with E-state index >= 15 is 0 Å². The third kappa shape index (κ3) is 6.51. The Hall–Kier alpha value is -4.47. The van der Waals surface area contributed by atoms with Gasteiger partial charge >= 0.3 is 17.8 Å². The van der Waals surface area contributed by atoms with Crippen molar-refractivity contribution in [1.29, 1.82) is 0 Å². The maximum atomic E-state index is 13.5. The highest BCUT2D eigenvalue weighted by Crippen LogP contribution is 2.36. The quantitative estimate of drug-likeness (QED) is 0.161. The third-order valence-corrected chi connectivity index (χ3v) is 5.94. The molecule has 39 heavy (non-hydrogen) atoms. The van der Waals surface area contributed by atoms with Crippen LogP contribution in [0.4, 0.5) is 23.2 Å². The van der Waals surface area contributed by atoms with Crippen LogP contribution in [0.2, 0.25) is 0 Å². The zero-order valence-corrected chi connectivity index (χ0v) is 20.7. The SMILES string of the molecule is CCOC(=O)CCc1cccc(-c2c(CC(=O)Nc3ccc(F)cc3C(F)(F)F)c(=O)oc3ccccc23)c1. The Kier molecular flexibility index (Phi) is 8.13. The highest BCUT2D eigenvalue weighted by atomic mass is 19.4. The lowest BCUT2D eigenvalue weighted by molar-refractivity contribution is -0.143. The molecule has 202 valence electrons. The van der Waals surface area contributed by atoms with Crippen LogP contribution in [-0.2, 0) is 33.3 Å². The number of anilines is 1. The smallest absolute Gasteiger partial charge is 0.418 e. The fraction of sp³-hybridized carbons (Fsp3) is 0.207. The number of carbonyl (C=O) groups is 2. The van der Waals surface area contributed by atoms with Crippen LogP contribution < -0.4 is 10.9 Å². The molecule has 0 saturated carbocycles. The summed E-state index contributed by atoms with van der Waals surface area (Å²) >= 11 is 0. The molecule has 0 aliphatic carbocycles. The molecule has 0 fully saturated rings. The largest absolute Gasteiger partial charge is 0.466 e. The molecule has 0 saturated heterocycles. The number of aryl methyl sites for hydroxylation is 1. The summed E-state index contributed by atoms with van der Waals surface area (Å²) in [6.07, 6.45) is -5.01. The van der Waals surface area contributed by atoms with Gasteiger partial charge in [0.15, 0.2) is 0 Å². The Balaban J connectivity index is 1.73. The zero-order chi connectivity index (χ0) is 28.2. The average Bonchev–Trinajstić information content (AvgIpc) is 2.88. The molecule has 6 nitrogen and oxygen atoms in total. The number of halogens is 4. The van der Waals surface area contributed by atoms with Gasteiger partial charge in [-0.05, 0) is 48.7 Å². The number of hydrogen-bond donors (Lipinski definition) is 1. The molecule has 0 atom stereocenters. The lowest BCUT2D eigenvalue weighted by Gasteiger charge is -2.15. The Morgan fingerprint density at radius 2 is 1.77 bits per heavy atom. The number of esters is 1. The molecule has 0 aliphatic rings. The van der Waals surface area contributed by atoms with Gasteiger partial charge < -0.3 is 14.5 Å². The Labute approximate surface area is 220 Å². The zero-order valence-electron chi connectivity index (χ0n) is 20.7. The summed E-state index contributed by atoms with van der Waals surface area (Å²) in [4.78, 5) is 37.7. The van der Waals surface area contributed by atoms with E-state index in [-0.39, 0.29) is 36.2 Å². The van der Waals surface area contributed by atoms with Crippen molar-refractivity contribution in [3.63, 3.8) is 0 Å². The lowest BCUT2D eigenvalue weighted by atomic mass is 9.93. The molecule has 1 amide bonds. The lowest BCUT2D eigenvalue weighted by Crippen LogP contribution is -2.22. The number of benzene rings is 3. The summed E-state index contributed by atoms with van der Waals surface area (Å²) in [5.74, 6) is -2.39. The summed E-state index contributed by atoms with van der Waals surface area (Å²) in [6.45, 7) is 1.97. The van der Waals surface area contributed by atoms with Crippen LogP contribution in [0.15, 0.2) is 75.9 Å². The predicted octanol–water partition coefficient (Wildman–Crippen LogP) is 6.29. The van der Waals surface area contributed by atoms with Crippen molar-refractivity contribution < 1.29 is 36.3 Å². The van der Waals surface area contributed by atoms with Crippen LogP contribution in [0.3, 0.4) is 0 Å². The van der Waals surface area contributed by atoms with Gasteiger partial charge in [0.2, 0.25) is 5.91 Å². The van der Waals surface area contributed by atoms with E-state index in [0.717, 1.165) is 17.7 Å². The van der Waals surface area contributed by atoms with Crippen molar-refractivity contribution in [2.24, 2.45) is 0 Å². The van der Waals surface area contributed by atoms with Crippen LogP contribution in [0.5, 0.6) is 0 Å². The van der Waals surface area contributed by atoms with E-state index in [1.165, 1.54) is 0 Å². The molecule has 0 radical (unpaired) electrons. The average molecular weight is 541 g/mol. The van der Waals surface area contributed by atoms with Gasteiger partial charge in [-0.25, -0.2) is 9.18 Å². The number of nitrogens with one attached hydrogen (secondary N) is 1. The number of ether oxygens (including phenoxy) is 1. The first-order valence-electron chi connectivity index (χ1n) is 12.0. The van der Waals surface area contributed by atoms with Crippen LogP contribution in [0.1, 0.15) is 30.0 Å². The molecule has 0 bridgehead atoms. The summed E-state index contributed by atoms with van der Waals surface area (Å²) in [5.41, 5.74) is -0.912. The van der Waals surface area contributed by atoms with Gasteiger partial charge in [0.05, 0.1) is 29.8 Å². The molecule has 3 aromatic carbocycles. The maximum absolute atomic E-state index is 13.5. The van der Waals surface area contributed by atoms with Gasteiger partial charge in [-0.2, -0.15) is 13.2 Å². The Bertz CT molecular complexity index is 1590. The van der Waals surface area contributed by atoms with Crippen molar-refractivity contribution in [3.05, 3.63) is 99.7 Å². The number of carbonyl (C=O) groups excluding carboxylic acids is 2. The van der Waals surface area contributed by atoms with Gasteiger partial charge in [-0.15, -0.1) is 0 Å². The van der Waals surface area contributed by atoms with Crippen molar-refractivity contribution in [2.45, 2.75) is 32.4 Å². The Morgan fingerprint density at radius 1 is 1.00 bits per heavy atom. The number of fused-ring (bicyclic) bond motifs is 1. The van der Waals surface area contributed by atoms with E-state index in [1.54, 1.807) is 55.5 Å². The van der Waals surface area contributed by atoms with Crippen LogP contribution in [0, 0.1) is 5.82 Å². The molecule has 4 rings (SSSR count). The van der Waals surface area contributed by atoms with Crippen molar-refractivity contribution in [3.8, 4) is 11.1 Å². The van der Waals surface area contributed by atoms with Crippen LogP contribution in [0.25, 0.3) is 22.1 Å². The van der Waals surface area contributed by atoms with Crippen molar-refractivity contribution >= 4 is 28.5 Å². The molecule has 1 N–H and O–H groups in total. The van der Waals surface area contributed by atoms with Gasteiger partial charge in [-0.1, -0.05) is 42.5 Å². The number of hydrogen-bond acceptors (Lipinski definition) is 5. The minimum absolute atomic E-state index is 0.0654. The molecule has 0 spiro atoms. The second-order valence-electron chi connectivity index (χ2n) is 8.66. The Morgan fingerprint density at radius 3 is 2.51 bits per heavy atom. The van der Waals surface area contributed by atoms with Crippen LogP contribution >= 0.6 is 0 Å². The molecule has 10 heteroatoms. The highest BCUT2D eigenvalue weighted by Gasteiger charge is 2.34. The van der Waals surface area contributed by atoms with Gasteiger partial charge in [0, 0.05) is 17.4 Å². The van der Waals surface area contributed by atoms with E-state index in [0.29, 0.717) is 22.9 Å². The molecular formula is C29H23F4NO5. The molecule has 4 aromatic rings. The topological polar surface area (TPSA) is 85.6 Å². The first-order valence-corrected chi connectivity index (χ1v) is 12.0. The standard InChI is InChI=1S/C29H23F4NO5/c1-2-38-26(36)13-10-17-6-5-7-18(14-17)27-20-8-3-4-9-24(20)39-28(37)21(27)16-25(35)34-23-12-11-19(30)15-22(23)29(31,32)33/h3-9,11-12,14-15H,2,10,13,16H2,1H3,(H,34,35).